The van der Waals surface area contributed by atoms with E-state index in [9.17, 15) is 5.11 Å². The highest BCUT2D eigenvalue weighted by atomic mass is 16.5. The van der Waals surface area contributed by atoms with Crippen molar-refractivity contribution in [1.29, 1.82) is 0 Å². The molecule has 2 atom stereocenters. The summed E-state index contributed by atoms with van der Waals surface area (Å²) in [5.41, 5.74) is 1.04. The molecule has 21 heavy (non-hydrogen) atoms. The molecule has 0 saturated carbocycles. The number of imidazole rings is 1. The number of benzene rings is 1. The summed E-state index contributed by atoms with van der Waals surface area (Å²) in [6.45, 7) is 0.887. The van der Waals surface area contributed by atoms with Gasteiger partial charge >= 0.3 is 0 Å². The average Bonchev–Trinajstić information content (AvgIpc) is 3.15. The summed E-state index contributed by atoms with van der Waals surface area (Å²) in [6.07, 6.45) is 6.81. The molecule has 0 radical (unpaired) electrons. The number of ether oxygens (including phenoxy) is 1. The van der Waals surface area contributed by atoms with Crippen molar-refractivity contribution >= 4 is 10.8 Å². The second-order valence-corrected chi connectivity index (χ2v) is 5.23. The van der Waals surface area contributed by atoms with Crippen molar-refractivity contribution in [3.05, 3.63) is 49.1 Å². The van der Waals surface area contributed by atoms with Crippen LogP contribution < -0.4 is 0 Å². The molecular weight excluding hydrogens is 266 g/mol. The molecule has 0 spiro atoms. The van der Waals surface area contributed by atoms with Gasteiger partial charge in [-0.05, 0) is 11.5 Å². The number of nitrogens with zero attached hydrogens (tertiary/aromatic N) is 3. The van der Waals surface area contributed by atoms with Gasteiger partial charge in [0.25, 0.3) is 0 Å². The first-order valence-corrected chi connectivity index (χ1v) is 6.96. The quantitative estimate of drug-likeness (QED) is 0.781. The predicted octanol–water partition coefficient (Wildman–Crippen LogP) is 2.03. The van der Waals surface area contributed by atoms with Crippen LogP contribution in [-0.2, 0) is 4.74 Å². The van der Waals surface area contributed by atoms with Gasteiger partial charge in [0.05, 0.1) is 19.3 Å². The van der Waals surface area contributed by atoms with Crippen LogP contribution in [0.3, 0.4) is 0 Å². The SMILES string of the molecule is O[C@@H]1COC[C@@H]1n1ccnc1-c1cccc2cnccc12. The summed E-state index contributed by atoms with van der Waals surface area (Å²) in [4.78, 5) is 8.65. The zero-order valence-electron chi connectivity index (χ0n) is 11.4. The number of hydrogen-bond acceptors (Lipinski definition) is 4. The molecule has 5 heteroatoms. The zero-order chi connectivity index (χ0) is 14.2. The van der Waals surface area contributed by atoms with Gasteiger partial charge in [0.15, 0.2) is 0 Å². The first-order chi connectivity index (χ1) is 10.3. The van der Waals surface area contributed by atoms with E-state index in [2.05, 4.69) is 9.97 Å². The molecule has 1 aliphatic heterocycles. The molecule has 1 aromatic carbocycles. The van der Waals surface area contributed by atoms with E-state index >= 15 is 0 Å². The lowest BCUT2D eigenvalue weighted by atomic mass is 10.1. The summed E-state index contributed by atoms with van der Waals surface area (Å²) >= 11 is 0. The Kier molecular flexibility index (Phi) is 2.94. The lowest BCUT2D eigenvalue weighted by molar-refractivity contribution is 0.119. The van der Waals surface area contributed by atoms with Crippen LogP contribution in [0.25, 0.3) is 22.2 Å². The van der Waals surface area contributed by atoms with Crippen molar-refractivity contribution < 1.29 is 9.84 Å². The van der Waals surface area contributed by atoms with Gasteiger partial charge in [-0.15, -0.1) is 0 Å². The van der Waals surface area contributed by atoms with Gasteiger partial charge in [0.2, 0.25) is 0 Å². The number of aromatic nitrogens is 3. The highest BCUT2D eigenvalue weighted by Crippen LogP contribution is 2.30. The Morgan fingerprint density at radius 3 is 3.00 bits per heavy atom. The van der Waals surface area contributed by atoms with E-state index in [1.807, 2.05) is 41.2 Å². The molecule has 1 aliphatic rings. The number of aliphatic hydroxyl groups excluding tert-OH is 1. The highest BCUT2D eigenvalue weighted by molar-refractivity contribution is 5.94. The molecule has 3 aromatic rings. The van der Waals surface area contributed by atoms with Gasteiger partial charge in [0, 0.05) is 35.7 Å². The summed E-state index contributed by atoms with van der Waals surface area (Å²) in [5.74, 6) is 0.848. The van der Waals surface area contributed by atoms with Crippen molar-refractivity contribution in [3.63, 3.8) is 0 Å². The second kappa shape index (κ2) is 4.95. The molecule has 1 fully saturated rings. The monoisotopic (exact) mass is 281 g/mol. The average molecular weight is 281 g/mol. The smallest absolute Gasteiger partial charge is 0.140 e. The number of rotatable bonds is 2. The van der Waals surface area contributed by atoms with E-state index in [4.69, 9.17) is 4.74 Å². The Morgan fingerprint density at radius 2 is 2.14 bits per heavy atom. The van der Waals surface area contributed by atoms with Crippen LogP contribution in [-0.4, -0.2) is 39.0 Å². The maximum atomic E-state index is 10.1. The molecule has 4 rings (SSSR count). The molecular formula is C16H15N3O2. The molecule has 2 aromatic heterocycles. The molecule has 1 saturated heterocycles. The van der Waals surface area contributed by atoms with Crippen molar-refractivity contribution in [1.82, 2.24) is 14.5 Å². The standard InChI is InChI=1S/C16H15N3O2/c20-15-10-21-9-14(15)19-7-6-18-16(19)13-3-1-2-11-8-17-5-4-12(11)13/h1-8,14-15,20H,9-10H2/t14-,15+/m0/s1. The Hall–Kier alpha value is -2.24. The summed E-state index contributed by atoms with van der Waals surface area (Å²) < 4.78 is 7.37. The van der Waals surface area contributed by atoms with E-state index in [-0.39, 0.29) is 6.04 Å². The Labute approximate surface area is 121 Å². The fourth-order valence-corrected chi connectivity index (χ4v) is 2.90. The van der Waals surface area contributed by atoms with Gasteiger partial charge in [-0.1, -0.05) is 18.2 Å². The number of pyridine rings is 1. The van der Waals surface area contributed by atoms with Crippen molar-refractivity contribution in [2.45, 2.75) is 12.1 Å². The summed E-state index contributed by atoms with van der Waals surface area (Å²) in [6, 6.07) is 7.99. The van der Waals surface area contributed by atoms with E-state index < -0.39 is 6.10 Å². The molecule has 0 unspecified atom stereocenters. The largest absolute Gasteiger partial charge is 0.388 e. The van der Waals surface area contributed by atoms with Crippen LogP contribution in [0.4, 0.5) is 0 Å². The van der Waals surface area contributed by atoms with Crippen LogP contribution in [0.1, 0.15) is 6.04 Å². The zero-order valence-corrected chi connectivity index (χ0v) is 11.4. The molecule has 106 valence electrons. The van der Waals surface area contributed by atoms with E-state index in [1.54, 1.807) is 12.4 Å². The minimum Gasteiger partial charge on any atom is -0.388 e. The third kappa shape index (κ3) is 2.02. The van der Waals surface area contributed by atoms with E-state index in [1.165, 1.54) is 0 Å². The third-order valence-corrected chi connectivity index (χ3v) is 3.97. The predicted molar refractivity (Wildman–Crippen MR) is 78.8 cm³/mol. The van der Waals surface area contributed by atoms with E-state index in [0.29, 0.717) is 13.2 Å². The molecule has 0 amide bonds. The van der Waals surface area contributed by atoms with Gasteiger partial charge in [0.1, 0.15) is 11.9 Å². The maximum absolute atomic E-state index is 10.1. The maximum Gasteiger partial charge on any atom is 0.140 e. The van der Waals surface area contributed by atoms with Crippen molar-refractivity contribution in [3.8, 4) is 11.4 Å². The van der Waals surface area contributed by atoms with Crippen LogP contribution in [0.15, 0.2) is 49.1 Å². The highest BCUT2D eigenvalue weighted by Gasteiger charge is 2.29. The van der Waals surface area contributed by atoms with Crippen LogP contribution in [0.5, 0.6) is 0 Å². The number of fused-ring (bicyclic) bond motifs is 1. The Bertz CT molecular complexity index is 779. The molecule has 5 nitrogen and oxygen atoms in total. The summed E-state index contributed by atoms with van der Waals surface area (Å²) in [5, 5.41) is 12.2. The minimum absolute atomic E-state index is 0.0837. The molecule has 1 N–H and O–H groups in total. The third-order valence-electron chi connectivity index (χ3n) is 3.97. The fourth-order valence-electron chi connectivity index (χ4n) is 2.90. The van der Waals surface area contributed by atoms with Crippen molar-refractivity contribution in [2.75, 3.05) is 13.2 Å². The first kappa shape index (κ1) is 12.5. The molecule has 3 heterocycles. The van der Waals surface area contributed by atoms with Crippen LogP contribution in [0.2, 0.25) is 0 Å². The molecule has 0 aliphatic carbocycles. The van der Waals surface area contributed by atoms with Gasteiger partial charge in [-0.3, -0.25) is 4.98 Å². The first-order valence-electron chi connectivity index (χ1n) is 6.96. The van der Waals surface area contributed by atoms with Crippen LogP contribution >= 0.6 is 0 Å². The number of hydrogen-bond donors (Lipinski definition) is 1. The number of aliphatic hydroxyl groups is 1. The second-order valence-electron chi connectivity index (χ2n) is 5.23. The Morgan fingerprint density at radius 1 is 1.19 bits per heavy atom. The van der Waals surface area contributed by atoms with Gasteiger partial charge < -0.3 is 14.4 Å². The fraction of sp³-hybridized carbons (Fsp3) is 0.250. The van der Waals surface area contributed by atoms with Gasteiger partial charge in [-0.2, -0.15) is 0 Å². The lowest BCUT2D eigenvalue weighted by Crippen LogP contribution is -2.22. The topological polar surface area (TPSA) is 60.2 Å². The normalized spacial score (nSPS) is 22.0. The van der Waals surface area contributed by atoms with Crippen molar-refractivity contribution in [2.24, 2.45) is 0 Å². The summed E-state index contributed by atoms with van der Waals surface area (Å²) in [7, 11) is 0. The van der Waals surface area contributed by atoms with E-state index in [0.717, 1.165) is 22.2 Å². The molecule has 0 bridgehead atoms. The lowest BCUT2D eigenvalue weighted by Gasteiger charge is -2.18. The minimum atomic E-state index is -0.491. The van der Waals surface area contributed by atoms with Crippen LogP contribution in [0, 0.1) is 0 Å². The van der Waals surface area contributed by atoms with Gasteiger partial charge in [-0.25, -0.2) is 4.98 Å². The Balaban J connectivity index is 1.88.